The highest BCUT2D eigenvalue weighted by atomic mass is 16.5. The SMILES string of the molecule is CC(=O)O[C@@H]1CC[C@@]2(C)[C@@H](CC[C@H]3[C@@H]4CC[C@H]([C@@H](C)O)[C@@]4(C)CC(=O)[C@@H]32)C1. The van der Waals surface area contributed by atoms with Gasteiger partial charge in [0, 0.05) is 19.3 Å². The van der Waals surface area contributed by atoms with Gasteiger partial charge < -0.3 is 9.84 Å². The van der Waals surface area contributed by atoms with Crippen LogP contribution in [0.5, 0.6) is 0 Å². The van der Waals surface area contributed by atoms with Crippen LogP contribution in [0.2, 0.25) is 0 Å². The molecule has 0 aromatic heterocycles. The molecular weight excluding hydrogens is 340 g/mol. The maximum Gasteiger partial charge on any atom is 0.302 e. The largest absolute Gasteiger partial charge is 0.463 e. The summed E-state index contributed by atoms with van der Waals surface area (Å²) in [6.07, 6.45) is 7.65. The van der Waals surface area contributed by atoms with Crippen molar-refractivity contribution < 1.29 is 19.4 Å². The number of carbonyl (C=O) groups excluding carboxylic acids is 2. The Morgan fingerprint density at radius 1 is 1.15 bits per heavy atom. The van der Waals surface area contributed by atoms with E-state index in [9.17, 15) is 14.7 Å². The molecule has 4 fully saturated rings. The Balaban J connectivity index is 1.59. The molecule has 0 amide bonds. The second-order valence-electron chi connectivity index (χ2n) is 10.6. The Labute approximate surface area is 163 Å². The zero-order valence-electron chi connectivity index (χ0n) is 17.4. The number of esters is 1. The first-order chi connectivity index (χ1) is 12.7. The Morgan fingerprint density at radius 2 is 1.89 bits per heavy atom. The van der Waals surface area contributed by atoms with Gasteiger partial charge in [-0.2, -0.15) is 0 Å². The summed E-state index contributed by atoms with van der Waals surface area (Å²) in [6, 6.07) is 0. The zero-order chi connectivity index (χ0) is 19.6. The van der Waals surface area contributed by atoms with Gasteiger partial charge in [0.1, 0.15) is 11.9 Å². The van der Waals surface area contributed by atoms with Crippen LogP contribution in [0, 0.1) is 40.4 Å². The van der Waals surface area contributed by atoms with Crippen LogP contribution in [0.25, 0.3) is 0 Å². The maximum atomic E-state index is 13.5. The standard InChI is InChI=1S/C23H36O4/c1-13(24)18-7-8-19-17-6-5-15-11-16(27-14(2)25)9-10-22(15,3)21(17)20(26)12-23(18,19)4/h13,15-19,21,24H,5-12H2,1-4H3/t13-,15+,16-,17+,18-,19+,21-,22+,23-/m1/s1. The first kappa shape index (κ1) is 19.4. The lowest BCUT2D eigenvalue weighted by molar-refractivity contribution is -0.170. The van der Waals surface area contributed by atoms with Crippen LogP contribution in [0.15, 0.2) is 0 Å². The van der Waals surface area contributed by atoms with Gasteiger partial charge in [0.25, 0.3) is 0 Å². The smallest absolute Gasteiger partial charge is 0.302 e. The molecule has 4 nitrogen and oxygen atoms in total. The van der Waals surface area contributed by atoms with Crippen LogP contribution in [-0.4, -0.2) is 29.1 Å². The minimum absolute atomic E-state index is 0.0233. The highest BCUT2D eigenvalue weighted by Gasteiger charge is 2.63. The molecule has 4 saturated carbocycles. The number of hydrogen-bond donors (Lipinski definition) is 1. The molecule has 4 heteroatoms. The molecule has 0 heterocycles. The average molecular weight is 377 g/mol. The maximum absolute atomic E-state index is 13.5. The van der Waals surface area contributed by atoms with Gasteiger partial charge in [0.15, 0.2) is 0 Å². The van der Waals surface area contributed by atoms with Gasteiger partial charge in [-0.1, -0.05) is 13.8 Å². The topological polar surface area (TPSA) is 63.6 Å². The first-order valence-electron chi connectivity index (χ1n) is 11.0. The molecule has 0 radical (unpaired) electrons. The second-order valence-corrected chi connectivity index (χ2v) is 10.6. The summed E-state index contributed by atoms with van der Waals surface area (Å²) >= 11 is 0. The molecule has 9 atom stereocenters. The van der Waals surface area contributed by atoms with Crippen molar-refractivity contribution >= 4 is 11.8 Å². The Morgan fingerprint density at radius 3 is 2.56 bits per heavy atom. The quantitative estimate of drug-likeness (QED) is 0.736. The second kappa shape index (κ2) is 6.57. The molecule has 0 bridgehead atoms. The summed E-state index contributed by atoms with van der Waals surface area (Å²) in [6.45, 7) is 8.03. The summed E-state index contributed by atoms with van der Waals surface area (Å²) in [4.78, 5) is 24.9. The third-order valence-electron chi connectivity index (χ3n) is 9.29. The van der Waals surface area contributed by atoms with Gasteiger partial charge in [0.2, 0.25) is 0 Å². The molecule has 0 saturated heterocycles. The van der Waals surface area contributed by atoms with Crippen molar-refractivity contribution in [1.29, 1.82) is 0 Å². The van der Waals surface area contributed by atoms with Gasteiger partial charge in [0.05, 0.1) is 6.10 Å². The van der Waals surface area contributed by atoms with Gasteiger partial charge in [-0.3, -0.25) is 9.59 Å². The highest BCUT2D eigenvalue weighted by Crippen LogP contribution is 2.66. The van der Waals surface area contributed by atoms with E-state index in [-0.39, 0.29) is 40.8 Å². The summed E-state index contributed by atoms with van der Waals surface area (Å²) in [5.41, 5.74) is 0.0332. The molecule has 4 aliphatic carbocycles. The monoisotopic (exact) mass is 376 g/mol. The van der Waals surface area contributed by atoms with E-state index in [0.717, 1.165) is 44.9 Å². The van der Waals surface area contributed by atoms with Gasteiger partial charge in [-0.25, -0.2) is 0 Å². The van der Waals surface area contributed by atoms with Gasteiger partial charge in [-0.15, -0.1) is 0 Å². The minimum Gasteiger partial charge on any atom is -0.463 e. The molecule has 1 N–H and O–H groups in total. The summed E-state index contributed by atoms with van der Waals surface area (Å²) in [5.74, 6) is 2.23. The van der Waals surface area contributed by atoms with E-state index in [1.165, 1.54) is 6.92 Å². The summed E-state index contributed by atoms with van der Waals surface area (Å²) < 4.78 is 5.52. The number of aliphatic hydroxyl groups excluding tert-OH is 1. The third kappa shape index (κ3) is 2.89. The first-order valence-corrected chi connectivity index (χ1v) is 11.0. The molecule has 27 heavy (non-hydrogen) atoms. The molecular formula is C23H36O4. The van der Waals surface area contributed by atoms with E-state index in [1.807, 2.05) is 6.92 Å². The van der Waals surface area contributed by atoms with E-state index in [0.29, 0.717) is 30.0 Å². The number of carbonyl (C=O) groups is 2. The third-order valence-corrected chi connectivity index (χ3v) is 9.29. The van der Waals surface area contributed by atoms with Crippen molar-refractivity contribution in [1.82, 2.24) is 0 Å². The fourth-order valence-electron chi connectivity index (χ4n) is 8.21. The molecule has 152 valence electrons. The van der Waals surface area contributed by atoms with Crippen LogP contribution in [0.3, 0.4) is 0 Å². The van der Waals surface area contributed by atoms with Crippen molar-refractivity contribution in [2.45, 2.75) is 91.3 Å². The van der Waals surface area contributed by atoms with Crippen LogP contribution in [-0.2, 0) is 14.3 Å². The molecule has 0 spiro atoms. The minimum atomic E-state index is -0.324. The Hall–Kier alpha value is -0.900. The van der Waals surface area contributed by atoms with Gasteiger partial charge >= 0.3 is 5.97 Å². The molecule has 0 aromatic rings. The Bertz CT molecular complexity index is 628. The fraction of sp³-hybridized carbons (Fsp3) is 0.913. The van der Waals surface area contributed by atoms with Crippen molar-refractivity contribution in [3.05, 3.63) is 0 Å². The molecule has 0 aromatic carbocycles. The molecule has 0 unspecified atom stereocenters. The number of ether oxygens (including phenoxy) is 1. The van der Waals surface area contributed by atoms with Crippen LogP contribution < -0.4 is 0 Å². The molecule has 0 aliphatic heterocycles. The number of aliphatic hydroxyl groups is 1. The average Bonchev–Trinajstić information content (AvgIpc) is 2.91. The lowest BCUT2D eigenvalue weighted by Gasteiger charge is -2.60. The van der Waals surface area contributed by atoms with Crippen LogP contribution in [0.1, 0.15) is 79.1 Å². The Kier molecular flexibility index (Phi) is 4.73. The lowest BCUT2D eigenvalue weighted by Crippen LogP contribution is -2.58. The highest BCUT2D eigenvalue weighted by molar-refractivity contribution is 5.84. The van der Waals surface area contributed by atoms with Crippen molar-refractivity contribution in [2.75, 3.05) is 0 Å². The molecule has 4 rings (SSSR count). The van der Waals surface area contributed by atoms with E-state index in [2.05, 4.69) is 13.8 Å². The predicted molar refractivity (Wildman–Crippen MR) is 103 cm³/mol. The summed E-state index contributed by atoms with van der Waals surface area (Å²) in [5, 5.41) is 10.3. The normalized spacial score (nSPS) is 50.3. The van der Waals surface area contributed by atoms with Crippen LogP contribution in [0.4, 0.5) is 0 Å². The van der Waals surface area contributed by atoms with E-state index in [4.69, 9.17) is 4.74 Å². The lowest BCUT2D eigenvalue weighted by atomic mass is 9.44. The van der Waals surface area contributed by atoms with E-state index >= 15 is 0 Å². The van der Waals surface area contributed by atoms with Gasteiger partial charge in [-0.05, 0) is 86.4 Å². The number of Topliss-reactive ketones (excluding diaryl/α,β-unsaturated/α-hetero) is 1. The number of hydrogen-bond acceptors (Lipinski definition) is 4. The van der Waals surface area contributed by atoms with Crippen molar-refractivity contribution in [3.63, 3.8) is 0 Å². The van der Waals surface area contributed by atoms with E-state index in [1.54, 1.807) is 0 Å². The van der Waals surface area contributed by atoms with Crippen LogP contribution >= 0.6 is 0 Å². The van der Waals surface area contributed by atoms with Crippen molar-refractivity contribution in [3.8, 4) is 0 Å². The zero-order valence-corrected chi connectivity index (χ0v) is 17.4. The predicted octanol–water partition coefficient (Wildman–Crippen LogP) is 4.14. The van der Waals surface area contributed by atoms with E-state index < -0.39 is 0 Å². The fourth-order valence-corrected chi connectivity index (χ4v) is 8.21. The summed E-state index contributed by atoms with van der Waals surface area (Å²) in [7, 11) is 0. The number of fused-ring (bicyclic) bond motifs is 5. The number of rotatable bonds is 2. The number of ketones is 1. The molecule has 4 aliphatic rings. The van der Waals surface area contributed by atoms with Crippen molar-refractivity contribution in [2.24, 2.45) is 40.4 Å².